The molecule has 8 heteroatoms. The number of hydrogen-bond acceptors (Lipinski definition) is 5. The lowest BCUT2D eigenvalue weighted by atomic mass is 9.95. The zero-order chi connectivity index (χ0) is 24.7. The molecular formula is C27H18ClFN2O3S. The van der Waals surface area contributed by atoms with E-state index in [9.17, 15) is 19.1 Å². The molecule has 1 aliphatic heterocycles. The average molecular weight is 505 g/mol. The van der Waals surface area contributed by atoms with Gasteiger partial charge in [-0.05, 0) is 48.9 Å². The van der Waals surface area contributed by atoms with Gasteiger partial charge in [-0.25, -0.2) is 9.37 Å². The second-order valence-electron chi connectivity index (χ2n) is 8.00. The summed E-state index contributed by atoms with van der Waals surface area (Å²) in [5, 5.41) is 12.1. The first-order valence-corrected chi connectivity index (χ1v) is 11.9. The summed E-state index contributed by atoms with van der Waals surface area (Å²) in [6.45, 7) is 1.72. The van der Waals surface area contributed by atoms with Crippen molar-refractivity contribution in [1.82, 2.24) is 4.98 Å². The minimum Gasteiger partial charge on any atom is -0.503 e. The highest BCUT2D eigenvalue weighted by Gasteiger charge is 2.45. The van der Waals surface area contributed by atoms with Crippen LogP contribution in [0.15, 0.2) is 90.2 Å². The number of aryl methyl sites for hydroxylation is 1. The van der Waals surface area contributed by atoms with Crippen LogP contribution in [0.1, 0.15) is 27.0 Å². The lowest BCUT2D eigenvalue weighted by Crippen LogP contribution is -2.31. The van der Waals surface area contributed by atoms with Crippen LogP contribution in [-0.2, 0) is 4.79 Å². The number of benzene rings is 3. The van der Waals surface area contributed by atoms with Crippen molar-refractivity contribution in [3.63, 3.8) is 0 Å². The lowest BCUT2D eigenvalue weighted by Gasteiger charge is -2.27. The zero-order valence-electron chi connectivity index (χ0n) is 18.4. The fourth-order valence-corrected chi connectivity index (χ4v) is 5.25. The van der Waals surface area contributed by atoms with Crippen LogP contribution >= 0.6 is 22.9 Å². The van der Waals surface area contributed by atoms with E-state index >= 15 is 0 Å². The molecular weight excluding hydrogens is 487 g/mol. The molecule has 0 fully saturated rings. The summed E-state index contributed by atoms with van der Waals surface area (Å²) in [4.78, 5) is 33.3. The predicted octanol–water partition coefficient (Wildman–Crippen LogP) is 6.69. The number of ketones is 1. The second kappa shape index (κ2) is 9.09. The van der Waals surface area contributed by atoms with Gasteiger partial charge in [-0.15, -0.1) is 11.3 Å². The standard InChI is InChI=1S/C27H18ClFN2O3S/c1-15-25(35-26(30-15)17-5-3-2-4-6-17)23(32)21-22(16-7-11-19(29)12-8-16)31(27(34)24(21)33)20-13-9-18(28)10-14-20/h2-14,22,33H,1H3. The number of nitrogens with zero attached hydrogens (tertiary/aromatic N) is 2. The number of anilines is 1. The third-order valence-electron chi connectivity index (χ3n) is 5.77. The Balaban J connectivity index is 1.63. The van der Waals surface area contributed by atoms with Crippen molar-refractivity contribution in [3.05, 3.63) is 117 Å². The molecule has 1 aromatic heterocycles. The monoisotopic (exact) mass is 504 g/mol. The summed E-state index contributed by atoms with van der Waals surface area (Å²) in [5.74, 6) is -2.33. The molecule has 0 radical (unpaired) electrons. The maximum atomic E-state index is 13.8. The molecule has 1 N–H and O–H groups in total. The normalized spacial score (nSPS) is 15.7. The minimum atomic E-state index is -0.960. The van der Waals surface area contributed by atoms with E-state index in [1.54, 1.807) is 31.2 Å². The van der Waals surface area contributed by atoms with E-state index in [4.69, 9.17) is 11.6 Å². The van der Waals surface area contributed by atoms with Crippen molar-refractivity contribution < 1.29 is 19.1 Å². The summed E-state index contributed by atoms with van der Waals surface area (Å²) in [6.07, 6.45) is 0. The molecule has 3 aromatic carbocycles. The van der Waals surface area contributed by atoms with Crippen LogP contribution in [0.3, 0.4) is 0 Å². The minimum absolute atomic E-state index is 0.0806. The number of Topliss-reactive ketones (excluding diaryl/α,β-unsaturated/α-hetero) is 1. The van der Waals surface area contributed by atoms with Crippen LogP contribution in [0.25, 0.3) is 10.6 Å². The van der Waals surface area contributed by atoms with Crippen LogP contribution in [0.4, 0.5) is 10.1 Å². The van der Waals surface area contributed by atoms with E-state index < -0.39 is 29.3 Å². The molecule has 0 saturated carbocycles. The van der Waals surface area contributed by atoms with Crippen molar-refractivity contribution in [2.24, 2.45) is 0 Å². The van der Waals surface area contributed by atoms with Crippen molar-refractivity contribution in [3.8, 4) is 10.6 Å². The Hall–Kier alpha value is -3.81. The number of aliphatic hydroxyl groups excluding tert-OH is 1. The van der Waals surface area contributed by atoms with E-state index in [1.165, 1.54) is 40.5 Å². The van der Waals surface area contributed by atoms with Crippen molar-refractivity contribution in [1.29, 1.82) is 0 Å². The molecule has 0 spiro atoms. The maximum Gasteiger partial charge on any atom is 0.294 e. The van der Waals surface area contributed by atoms with E-state index in [0.717, 1.165) is 5.56 Å². The number of thiazole rings is 1. The molecule has 1 aliphatic rings. The van der Waals surface area contributed by atoms with Gasteiger partial charge in [-0.3, -0.25) is 14.5 Å². The van der Waals surface area contributed by atoms with Crippen LogP contribution in [-0.4, -0.2) is 21.8 Å². The number of halogens is 2. The Morgan fingerprint density at radius 2 is 1.69 bits per heavy atom. The van der Waals surface area contributed by atoms with Crippen LogP contribution in [0.2, 0.25) is 5.02 Å². The number of carbonyl (C=O) groups excluding carboxylic acids is 2. The molecule has 0 saturated heterocycles. The Labute approximate surface area is 209 Å². The highest BCUT2D eigenvalue weighted by Crippen LogP contribution is 2.43. The van der Waals surface area contributed by atoms with Gasteiger partial charge in [0, 0.05) is 16.3 Å². The zero-order valence-corrected chi connectivity index (χ0v) is 20.0. The average Bonchev–Trinajstić information content (AvgIpc) is 3.38. The topological polar surface area (TPSA) is 70.5 Å². The van der Waals surface area contributed by atoms with Crippen molar-refractivity contribution in [2.45, 2.75) is 13.0 Å². The summed E-state index contributed by atoms with van der Waals surface area (Å²) in [5.41, 5.74) is 2.19. The number of amides is 1. The second-order valence-corrected chi connectivity index (χ2v) is 9.43. The number of aromatic nitrogens is 1. The van der Waals surface area contributed by atoms with E-state index in [2.05, 4.69) is 4.98 Å². The fraction of sp³-hybridized carbons (Fsp3) is 0.0741. The number of aliphatic hydroxyl groups is 1. The summed E-state index contributed by atoms with van der Waals surface area (Å²) in [6, 6.07) is 20.5. The van der Waals surface area contributed by atoms with Crippen LogP contribution in [0.5, 0.6) is 0 Å². The van der Waals surface area contributed by atoms with Gasteiger partial charge in [0.2, 0.25) is 5.78 Å². The number of rotatable bonds is 5. The Kier molecular flexibility index (Phi) is 5.96. The first kappa shape index (κ1) is 23.0. The molecule has 174 valence electrons. The molecule has 1 amide bonds. The van der Waals surface area contributed by atoms with Gasteiger partial charge in [0.1, 0.15) is 10.8 Å². The Morgan fingerprint density at radius 1 is 1.03 bits per heavy atom. The molecule has 4 aromatic rings. The molecule has 5 rings (SSSR count). The van der Waals surface area contributed by atoms with Crippen LogP contribution in [0, 0.1) is 12.7 Å². The van der Waals surface area contributed by atoms with Crippen LogP contribution < -0.4 is 4.90 Å². The number of hydrogen-bond donors (Lipinski definition) is 1. The SMILES string of the molecule is Cc1nc(-c2ccccc2)sc1C(=O)C1=C(O)C(=O)N(c2ccc(Cl)cc2)C1c1ccc(F)cc1. The molecule has 1 unspecified atom stereocenters. The smallest absolute Gasteiger partial charge is 0.294 e. The quantitative estimate of drug-likeness (QED) is 0.307. The first-order valence-electron chi connectivity index (χ1n) is 10.7. The molecule has 1 atom stereocenters. The Morgan fingerprint density at radius 3 is 2.34 bits per heavy atom. The highest BCUT2D eigenvalue weighted by molar-refractivity contribution is 7.17. The molecule has 35 heavy (non-hydrogen) atoms. The Bertz CT molecular complexity index is 1460. The predicted molar refractivity (Wildman–Crippen MR) is 134 cm³/mol. The van der Waals surface area contributed by atoms with E-state index in [1.807, 2.05) is 30.3 Å². The largest absolute Gasteiger partial charge is 0.503 e. The van der Waals surface area contributed by atoms with E-state index in [-0.39, 0.29) is 5.57 Å². The molecule has 2 heterocycles. The van der Waals surface area contributed by atoms with E-state index in [0.29, 0.717) is 31.9 Å². The molecule has 0 aliphatic carbocycles. The van der Waals surface area contributed by atoms with Gasteiger partial charge in [0.15, 0.2) is 5.76 Å². The fourth-order valence-electron chi connectivity index (χ4n) is 4.10. The first-order chi connectivity index (χ1) is 16.8. The number of carbonyl (C=O) groups is 2. The highest BCUT2D eigenvalue weighted by atomic mass is 35.5. The third-order valence-corrected chi connectivity index (χ3v) is 7.22. The van der Waals surface area contributed by atoms with Crippen molar-refractivity contribution in [2.75, 3.05) is 4.90 Å². The van der Waals surface area contributed by atoms with Gasteiger partial charge in [0.25, 0.3) is 5.91 Å². The lowest BCUT2D eigenvalue weighted by molar-refractivity contribution is -0.117. The summed E-state index contributed by atoms with van der Waals surface area (Å²) in [7, 11) is 0. The third kappa shape index (κ3) is 4.13. The van der Waals surface area contributed by atoms with Crippen molar-refractivity contribution >= 4 is 40.3 Å². The van der Waals surface area contributed by atoms with Gasteiger partial charge < -0.3 is 5.11 Å². The van der Waals surface area contributed by atoms with Gasteiger partial charge in [-0.2, -0.15) is 0 Å². The van der Waals surface area contributed by atoms with Gasteiger partial charge >= 0.3 is 0 Å². The summed E-state index contributed by atoms with van der Waals surface area (Å²) < 4.78 is 13.7. The summed E-state index contributed by atoms with van der Waals surface area (Å²) >= 11 is 7.22. The molecule has 5 nitrogen and oxygen atoms in total. The maximum absolute atomic E-state index is 13.8. The van der Waals surface area contributed by atoms with Gasteiger partial charge in [-0.1, -0.05) is 54.1 Å². The molecule has 0 bridgehead atoms. The van der Waals surface area contributed by atoms with Gasteiger partial charge in [0.05, 0.1) is 22.2 Å².